The minimum atomic E-state index is -0.237. The Bertz CT molecular complexity index is 249. The van der Waals surface area contributed by atoms with Crippen molar-refractivity contribution in [1.82, 2.24) is 4.90 Å². The average molecular weight is 243 g/mol. The van der Waals surface area contributed by atoms with Gasteiger partial charge in [-0.15, -0.1) is 0 Å². The molecule has 0 aromatic heterocycles. The van der Waals surface area contributed by atoms with Crippen LogP contribution in [-0.2, 0) is 14.3 Å². The zero-order valence-electron chi connectivity index (χ0n) is 11.7. The zero-order valence-corrected chi connectivity index (χ0v) is 11.7. The number of esters is 1. The van der Waals surface area contributed by atoms with E-state index < -0.39 is 0 Å². The SMILES string of the molecule is CCC(=CCN(C)CCOC(C)C)C(=O)OC. The molecule has 0 atom stereocenters. The normalized spacial score (nSPS) is 12.3. The summed E-state index contributed by atoms with van der Waals surface area (Å²) in [4.78, 5) is 13.4. The van der Waals surface area contributed by atoms with Gasteiger partial charge in [0.2, 0.25) is 0 Å². The van der Waals surface area contributed by atoms with E-state index >= 15 is 0 Å². The van der Waals surface area contributed by atoms with Crippen LogP contribution in [0.5, 0.6) is 0 Å². The van der Waals surface area contributed by atoms with E-state index in [9.17, 15) is 4.79 Å². The molecule has 17 heavy (non-hydrogen) atoms. The van der Waals surface area contributed by atoms with E-state index in [-0.39, 0.29) is 12.1 Å². The number of hydrogen-bond acceptors (Lipinski definition) is 4. The molecule has 0 rings (SSSR count). The molecule has 0 spiro atoms. The van der Waals surface area contributed by atoms with Gasteiger partial charge >= 0.3 is 5.97 Å². The second-order valence-corrected chi connectivity index (χ2v) is 4.26. The Morgan fingerprint density at radius 1 is 1.41 bits per heavy atom. The van der Waals surface area contributed by atoms with Crippen molar-refractivity contribution in [2.45, 2.75) is 33.3 Å². The fourth-order valence-electron chi connectivity index (χ4n) is 1.30. The Kier molecular flexibility index (Phi) is 8.72. The van der Waals surface area contributed by atoms with Crippen LogP contribution < -0.4 is 0 Å². The van der Waals surface area contributed by atoms with Crippen LogP contribution in [0.15, 0.2) is 11.6 Å². The molecule has 0 aromatic carbocycles. The first-order valence-corrected chi connectivity index (χ1v) is 6.08. The third kappa shape index (κ3) is 7.94. The van der Waals surface area contributed by atoms with Gasteiger partial charge in [0.25, 0.3) is 0 Å². The van der Waals surface area contributed by atoms with Gasteiger partial charge in [-0.05, 0) is 27.3 Å². The third-order valence-corrected chi connectivity index (χ3v) is 2.40. The van der Waals surface area contributed by atoms with Crippen molar-refractivity contribution >= 4 is 5.97 Å². The molecule has 0 aromatic rings. The average Bonchev–Trinajstić information content (AvgIpc) is 2.28. The maximum absolute atomic E-state index is 11.3. The lowest BCUT2D eigenvalue weighted by Crippen LogP contribution is -2.25. The lowest BCUT2D eigenvalue weighted by atomic mass is 10.2. The molecule has 0 bridgehead atoms. The lowest BCUT2D eigenvalue weighted by molar-refractivity contribution is -0.136. The van der Waals surface area contributed by atoms with E-state index in [0.717, 1.165) is 18.7 Å². The molecule has 0 aliphatic heterocycles. The maximum Gasteiger partial charge on any atom is 0.333 e. The molecule has 0 fully saturated rings. The summed E-state index contributed by atoms with van der Waals surface area (Å²) in [7, 11) is 3.41. The summed E-state index contributed by atoms with van der Waals surface area (Å²) in [5.74, 6) is -0.237. The molecule has 0 radical (unpaired) electrons. The van der Waals surface area contributed by atoms with Crippen LogP contribution in [0.1, 0.15) is 27.2 Å². The number of likely N-dealkylation sites (N-methyl/N-ethyl adjacent to an activating group) is 1. The van der Waals surface area contributed by atoms with Crippen LogP contribution in [-0.4, -0.2) is 50.8 Å². The van der Waals surface area contributed by atoms with Gasteiger partial charge in [-0.1, -0.05) is 13.0 Å². The smallest absolute Gasteiger partial charge is 0.333 e. The lowest BCUT2D eigenvalue weighted by Gasteiger charge is -2.16. The van der Waals surface area contributed by atoms with Crippen molar-refractivity contribution in [2.24, 2.45) is 0 Å². The molecule has 0 saturated carbocycles. The highest BCUT2D eigenvalue weighted by Crippen LogP contribution is 2.03. The molecule has 0 amide bonds. The van der Waals surface area contributed by atoms with Crippen molar-refractivity contribution in [3.05, 3.63) is 11.6 Å². The molecule has 4 nitrogen and oxygen atoms in total. The summed E-state index contributed by atoms with van der Waals surface area (Å²) in [6, 6.07) is 0. The number of rotatable bonds is 8. The second-order valence-electron chi connectivity index (χ2n) is 4.26. The van der Waals surface area contributed by atoms with Gasteiger partial charge in [0, 0.05) is 18.7 Å². The van der Waals surface area contributed by atoms with Gasteiger partial charge in [-0.25, -0.2) is 4.79 Å². The van der Waals surface area contributed by atoms with Gasteiger partial charge in [0.15, 0.2) is 0 Å². The number of methoxy groups -OCH3 is 1. The highest BCUT2D eigenvalue weighted by Gasteiger charge is 2.06. The maximum atomic E-state index is 11.3. The van der Waals surface area contributed by atoms with Crippen LogP contribution in [0.4, 0.5) is 0 Å². The number of hydrogen-bond donors (Lipinski definition) is 0. The molecule has 4 heteroatoms. The van der Waals surface area contributed by atoms with Crippen molar-refractivity contribution in [3.63, 3.8) is 0 Å². The quantitative estimate of drug-likeness (QED) is 0.482. The Morgan fingerprint density at radius 2 is 2.06 bits per heavy atom. The summed E-state index contributed by atoms with van der Waals surface area (Å²) >= 11 is 0. The van der Waals surface area contributed by atoms with Crippen LogP contribution in [0.2, 0.25) is 0 Å². The van der Waals surface area contributed by atoms with E-state index in [0.29, 0.717) is 13.0 Å². The molecule has 0 heterocycles. The minimum absolute atomic E-state index is 0.237. The van der Waals surface area contributed by atoms with Crippen LogP contribution in [0.25, 0.3) is 0 Å². The molecule has 0 aliphatic carbocycles. The van der Waals surface area contributed by atoms with Gasteiger partial charge in [-0.2, -0.15) is 0 Å². The fraction of sp³-hybridized carbons (Fsp3) is 0.769. The molecule has 0 N–H and O–H groups in total. The van der Waals surface area contributed by atoms with Crippen molar-refractivity contribution in [2.75, 3.05) is 33.9 Å². The number of ether oxygens (including phenoxy) is 2. The number of carbonyl (C=O) groups is 1. The standard InChI is InChI=1S/C13H25NO3/c1-6-12(13(15)16-5)7-8-14(4)9-10-17-11(2)3/h7,11H,6,8-10H2,1-5H3. The first-order chi connectivity index (χ1) is 8.01. The van der Waals surface area contributed by atoms with E-state index in [4.69, 9.17) is 9.47 Å². The fourth-order valence-corrected chi connectivity index (χ4v) is 1.30. The Morgan fingerprint density at radius 3 is 2.53 bits per heavy atom. The van der Waals surface area contributed by atoms with E-state index in [1.165, 1.54) is 7.11 Å². The Balaban J connectivity index is 3.97. The summed E-state index contributed by atoms with van der Waals surface area (Å²) < 4.78 is 10.2. The van der Waals surface area contributed by atoms with Crippen LogP contribution in [0, 0.1) is 0 Å². The van der Waals surface area contributed by atoms with E-state index in [1.807, 2.05) is 33.9 Å². The zero-order chi connectivity index (χ0) is 13.3. The van der Waals surface area contributed by atoms with Gasteiger partial charge in [0.1, 0.15) is 0 Å². The molecular formula is C13H25NO3. The summed E-state index contributed by atoms with van der Waals surface area (Å²) in [5.41, 5.74) is 0.726. The van der Waals surface area contributed by atoms with Crippen LogP contribution >= 0.6 is 0 Å². The number of carbonyl (C=O) groups excluding carboxylic acids is 1. The highest BCUT2D eigenvalue weighted by molar-refractivity contribution is 5.88. The third-order valence-electron chi connectivity index (χ3n) is 2.40. The summed E-state index contributed by atoms with van der Waals surface area (Å²) in [6.07, 6.45) is 2.88. The van der Waals surface area contributed by atoms with Gasteiger partial charge in [0.05, 0.1) is 19.8 Å². The largest absolute Gasteiger partial charge is 0.466 e. The monoisotopic (exact) mass is 243 g/mol. The topological polar surface area (TPSA) is 38.8 Å². The highest BCUT2D eigenvalue weighted by atomic mass is 16.5. The Hall–Kier alpha value is -0.870. The van der Waals surface area contributed by atoms with E-state index in [1.54, 1.807) is 0 Å². The first kappa shape index (κ1) is 16.1. The van der Waals surface area contributed by atoms with Gasteiger partial charge in [-0.3, -0.25) is 0 Å². The molecule has 0 aliphatic rings. The summed E-state index contributed by atoms with van der Waals surface area (Å²) in [5, 5.41) is 0. The molecule has 100 valence electrons. The van der Waals surface area contributed by atoms with Crippen molar-refractivity contribution in [1.29, 1.82) is 0 Å². The molecular weight excluding hydrogens is 218 g/mol. The predicted molar refractivity (Wildman–Crippen MR) is 69.0 cm³/mol. The van der Waals surface area contributed by atoms with Crippen molar-refractivity contribution in [3.8, 4) is 0 Å². The predicted octanol–water partition coefficient (Wildman–Crippen LogP) is 1.85. The van der Waals surface area contributed by atoms with Gasteiger partial charge < -0.3 is 14.4 Å². The Labute approximate surface area is 105 Å². The van der Waals surface area contributed by atoms with Crippen LogP contribution in [0.3, 0.4) is 0 Å². The van der Waals surface area contributed by atoms with E-state index in [2.05, 4.69) is 4.90 Å². The first-order valence-electron chi connectivity index (χ1n) is 6.08. The molecule has 0 unspecified atom stereocenters. The second kappa shape index (κ2) is 9.19. The number of nitrogens with zero attached hydrogens (tertiary/aromatic N) is 1. The summed E-state index contributed by atoms with van der Waals surface area (Å²) in [6.45, 7) is 8.29. The van der Waals surface area contributed by atoms with Crippen molar-refractivity contribution < 1.29 is 14.3 Å². The minimum Gasteiger partial charge on any atom is -0.466 e. The molecule has 0 saturated heterocycles.